The molecule has 2 aromatic heterocycles. The number of aromatic nitrogens is 2. The molecule has 0 amide bonds. The molecule has 0 aliphatic carbocycles. The molecule has 0 saturated carbocycles. The normalized spacial score (nSPS) is 12.0. The van der Waals surface area contributed by atoms with Crippen LogP contribution in [-0.4, -0.2) is 24.6 Å². The fourth-order valence-electron chi connectivity index (χ4n) is 2.79. The summed E-state index contributed by atoms with van der Waals surface area (Å²) in [4.78, 5) is 0.596. The zero-order valence-corrected chi connectivity index (χ0v) is 17.2. The van der Waals surface area contributed by atoms with Gasteiger partial charge in [0.1, 0.15) is 16.3 Å². The standard InChI is InChI=1S/C20H14F3N3O3S2/c21-20(22,23)29-16-10-8-14(9-11-16)25-31(27,28)18-13-26(15-5-2-1-3-6-15)24-19(18)17-7-4-12-30-17/h1-13,25H. The monoisotopic (exact) mass is 465 g/mol. The second-order valence-corrected chi connectivity index (χ2v) is 8.88. The van der Waals surface area contributed by atoms with Crippen molar-refractivity contribution in [1.82, 2.24) is 9.78 Å². The van der Waals surface area contributed by atoms with Crippen LogP contribution in [0.4, 0.5) is 18.9 Å². The first kappa shape index (κ1) is 20.9. The summed E-state index contributed by atoms with van der Waals surface area (Å²) >= 11 is 1.34. The number of hydrogen-bond acceptors (Lipinski definition) is 5. The highest BCUT2D eigenvalue weighted by Crippen LogP contribution is 2.32. The zero-order valence-electron chi connectivity index (χ0n) is 15.6. The first-order valence-electron chi connectivity index (χ1n) is 8.79. The van der Waals surface area contributed by atoms with Gasteiger partial charge in [-0.25, -0.2) is 13.1 Å². The Balaban J connectivity index is 1.68. The first-order valence-corrected chi connectivity index (χ1v) is 11.2. The van der Waals surface area contributed by atoms with Crippen LogP contribution in [-0.2, 0) is 10.0 Å². The summed E-state index contributed by atoms with van der Waals surface area (Å²) < 4.78 is 70.8. The molecule has 2 aromatic carbocycles. The zero-order chi connectivity index (χ0) is 22.1. The summed E-state index contributed by atoms with van der Waals surface area (Å²) in [7, 11) is -4.09. The number of benzene rings is 2. The predicted octanol–water partition coefficient (Wildman–Crippen LogP) is 5.30. The highest BCUT2D eigenvalue weighted by Gasteiger charge is 2.31. The first-order chi connectivity index (χ1) is 14.7. The summed E-state index contributed by atoms with van der Waals surface area (Å²) in [5, 5.41) is 6.25. The second kappa shape index (κ2) is 8.08. The van der Waals surface area contributed by atoms with Gasteiger partial charge in [0.05, 0.1) is 16.8 Å². The van der Waals surface area contributed by atoms with E-state index in [9.17, 15) is 21.6 Å². The van der Waals surface area contributed by atoms with Gasteiger partial charge in [0.2, 0.25) is 0 Å². The van der Waals surface area contributed by atoms with Crippen LogP contribution in [0.1, 0.15) is 0 Å². The van der Waals surface area contributed by atoms with E-state index in [2.05, 4.69) is 14.6 Å². The van der Waals surface area contributed by atoms with Crippen molar-refractivity contribution in [2.75, 3.05) is 4.72 Å². The van der Waals surface area contributed by atoms with Crippen molar-refractivity contribution in [3.05, 3.63) is 78.3 Å². The van der Waals surface area contributed by atoms with Gasteiger partial charge in [-0.15, -0.1) is 24.5 Å². The van der Waals surface area contributed by atoms with Crippen molar-refractivity contribution < 1.29 is 26.3 Å². The number of hydrogen-bond donors (Lipinski definition) is 1. The van der Waals surface area contributed by atoms with Crippen LogP contribution in [0.5, 0.6) is 5.75 Å². The molecule has 0 aliphatic rings. The summed E-state index contributed by atoms with van der Waals surface area (Å²) in [6.07, 6.45) is -3.43. The molecule has 0 aliphatic heterocycles. The summed E-state index contributed by atoms with van der Waals surface area (Å²) in [5.74, 6) is -0.452. The minimum atomic E-state index is -4.83. The predicted molar refractivity (Wildman–Crippen MR) is 111 cm³/mol. The van der Waals surface area contributed by atoms with Gasteiger partial charge in [-0.05, 0) is 47.8 Å². The fourth-order valence-corrected chi connectivity index (χ4v) is 4.77. The van der Waals surface area contributed by atoms with Crippen molar-refractivity contribution in [3.63, 3.8) is 0 Å². The van der Waals surface area contributed by atoms with E-state index < -0.39 is 22.1 Å². The maximum Gasteiger partial charge on any atom is 0.573 e. The Morgan fingerprint density at radius 2 is 1.68 bits per heavy atom. The van der Waals surface area contributed by atoms with E-state index >= 15 is 0 Å². The average molecular weight is 465 g/mol. The lowest BCUT2D eigenvalue weighted by atomic mass is 10.3. The van der Waals surface area contributed by atoms with Crippen molar-refractivity contribution in [2.45, 2.75) is 11.3 Å². The number of nitrogens with one attached hydrogen (secondary N) is 1. The van der Waals surface area contributed by atoms with Crippen molar-refractivity contribution in [1.29, 1.82) is 0 Å². The smallest absolute Gasteiger partial charge is 0.406 e. The number of alkyl halides is 3. The Morgan fingerprint density at radius 1 is 0.968 bits per heavy atom. The van der Waals surface area contributed by atoms with Gasteiger partial charge in [-0.2, -0.15) is 5.10 Å². The van der Waals surface area contributed by atoms with Crippen LogP contribution in [0.25, 0.3) is 16.3 Å². The summed E-state index contributed by atoms with van der Waals surface area (Å²) in [5.41, 5.74) is 1.03. The minimum Gasteiger partial charge on any atom is -0.406 e. The third kappa shape index (κ3) is 4.89. The van der Waals surface area contributed by atoms with Gasteiger partial charge in [0, 0.05) is 5.69 Å². The van der Waals surface area contributed by atoms with E-state index in [1.807, 2.05) is 6.07 Å². The largest absolute Gasteiger partial charge is 0.573 e. The number of thiophene rings is 1. The summed E-state index contributed by atoms with van der Waals surface area (Å²) in [6.45, 7) is 0. The molecule has 4 rings (SSSR count). The number of sulfonamides is 1. The quantitative estimate of drug-likeness (QED) is 0.419. The molecule has 0 bridgehead atoms. The number of para-hydroxylation sites is 1. The summed E-state index contributed by atoms with van der Waals surface area (Å²) in [6, 6.07) is 17.0. The molecule has 0 saturated heterocycles. The molecule has 1 N–H and O–H groups in total. The molecule has 31 heavy (non-hydrogen) atoms. The SMILES string of the molecule is O=S(=O)(Nc1ccc(OC(F)(F)F)cc1)c1cn(-c2ccccc2)nc1-c1cccs1. The molecular formula is C20H14F3N3O3S2. The van der Waals surface area contributed by atoms with Crippen LogP contribution in [0.15, 0.2) is 83.2 Å². The fraction of sp³-hybridized carbons (Fsp3) is 0.0500. The van der Waals surface area contributed by atoms with Crippen LogP contribution >= 0.6 is 11.3 Å². The van der Waals surface area contributed by atoms with E-state index in [1.54, 1.807) is 41.8 Å². The average Bonchev–Trinajstić information content (AvgIpc) is 3.39. The van der Waals surface area contributed by atoms with Gasteiger partial charge in [-0.3, -0.25) is 4.72 Å². The molecule has 6 nitrogen and oxygen atoms in total. The van der Waals surface area contributed by atoms with Crippen molar-refractivity contribution >= 4 is 27.0 Å². The lowest BCUT2D eigenvalue weighted by molar-refractivity contribution is -0.274. The van der Waals surface area contributed by atoms with Crippen LogP contribution in [0.2, 0.25) is 0 Å². The highest BCUT2D eigenvalue weighted by molar-refractivity contribution is 7.92. The highest BCUT2D eigenvalue weighted by atomic mass is 32.2. The van der Waals surface area contributed by atoms with Crippen LogP contribution in [0.3, 0.4) is 0 Å². The van der Waals surface area contributed by atoms with Gasteiger partial charge in [0.15, 0.2) is 0 Å². The van der Waals surface area contributed by atoms with Crippen LogP contribution in [0, 0.1) is 0 Å². The third-order valence-corrected chi connectivity index (χ3v) is 6.34. The number of ether oxygens (including phenoxy) is 1. The Hall–Kier alpha value is -3.31. The van der Waals surface area contributed by atoms with Crippen molar-refractivity contribution in [3.8, 4) is 22.0 Å². The molecule has 0 fully saturated rings. The maximum absolute atomic E-state index is 13.1. The minimum absolute atomic E-state index is 0.0607. The Bertz CT molecular complexity index is 1270. The molecule has 160 valence electrons. The number of anilines is 1. The Kier molecular flexibility index (Phi) is 5.46. The molecule has 2 heterocycles. The van der Waals surface area contributed by atoms with Crippen molar-refractivity contribution in [2.24, 2.45) is 0 Å². The Morgan fingerprint density at radius 3 is 2.29 bits per heavy atom. The van der Waals surface area contributed by atoms with Crippen LogP contribution < -0.4 is 9.46 Å². The molecular weight excluding hydrogens is 451 g/mol. The van der Waals surface area contributed by atoms with Gasteiger partial charge >= 0.3 is 6.36 Å². The van der Waals surface area contributed by atoms with Gasteiger partial charge in [-0.1, -0.05) is 24.3 Å². The van der Waals surface area contributed by atoms with Gasteiger partial charge in [0.25, 0.3) is 10.0 Å². The molecule has 11 heteroatoms. The lowest BCUT2D eigenvalue weighted by Gasteiger charge is -2.10. The topological polar surface area (TPSA) is 73.2 Å². The number of rotatable bonds is 6. The third-order valence-electron chi connectivity index (χ3n) is 4.09. The maximum atomic E-state index is 13.1. The molecule has 0 atom stereocenters. The molecule has 4 aromatic rings. The molecule has 0 spiro atoms. The molecule has 0 unspecified atom stereocenters. The number of nitrogens with zero attached hydrogens (tertiary/aromatic N) is 2. The van der Waals surface area contributed by atoms with E-state index in [0.717, 1.165) is 12.1 Å². The van der Waals surface area contributed by atoms with Gasteiger partial charge < -0.3 is 4.74 Å². The molecule has 0 radical (unpaired) electrons. The van der Waals surface area contributed by atoms with E-state index in [4.69, 9.17) is 0 Å². The van der Waals surface area contributed by atoms with E-state index in [1.165, 1.54) is 34.3 Å². The number of halogens is 3. The second-order valence-electron chi connectivity index (χ2n) is 6.28. The lowest BCUT2D eigenvalue weighted by Crippen LogP contribution is -2.17. The van der Waals surface area contributed by atoms with E-state index in [-0.39, 0.29) is 16.3 Å². The van der Waals surface area contributed by atoms with E-state index in [0.29, 0.717) is 10.6 Å². The Labute approximate surface area is 179 Å².